The van der Waals surface area contributed by atoms with Crippen molar-refractivity contribution in [2.45, 2.75) is 13.3 Å². The van der Waals surface area contributed by atoms with Crippen LogP contribution in [0.5, 0.6) is 0 Å². The lowest BCUT2D eigenvalue weighted by atomic mass is 10.1. The standard InChI is InChI=1S/C13H13N3O3/c1-8-10(12(18)16-13(19)14-8)7-11(17)15-9-5-3-2-4-6-9/h2-6H,7H2,1H3,(H,15,17)(H2,14,16,18,19). The third-order valence-corrected chi connectivity index (χ3v) is 2.65. The summed E-state index contributed by atoms with van der Waals surface area (Å²) in [5.41, 5.74) is 0.204. The Balaban J connectivity index is 2.16. The van der Waals surface area contributed by atoms with Crippen LogP contribution in [-0.4, -0.2) is 15.9 Å². The Bertz CT molecular complexity index is 701. The molecule has 6 nitrogen and oxygen atoms in total. The number of aromatic amines is 2. The number of anilines is 1. The molecule has 19 heavy (non-hydrogen) atoms. The number of amides is 1. The highest BCUT2D eigenvalue weighted by molar-refractivity contribution is 5.92. The number of carbonyl (C=O) groups is 1. The lowest BCUT2D eigenvalue weighted by molar-refractivity contribution is -0.115. The Morgan fingerprint density at radius 2 is 1.84 bits per heavy atom. The van der Waals surface area contributed by atoms with Gasteiger partial charge in [0.15, 0.2) is 0 Å². The molecule has 3 N–H and O–H groups in total. The molecule has 6 heteroatoms. The van der Waals surface area contributed by atoms with Crippen LogP contribution in [0.3, 0.4) is 0 Å². The third-order valence-electron chi connectivity index (χ3n) is 2.65. The van der Waals surface area contributed by atoms with E-state index in [2.05, 4.69) is 15.3 Å². The molecule has 1 aromatic heterocycles. The fraction of sp³-hybridized carbons (Fsp3) is 0.154. The summed E-state index contributed by atoms with van der Waals surface area (Å²) in [5.74, 6) is -0.313. The van der Waals surface area contributed by atoms with E-state index < -0.39 is 11.2 Å². The maximum atomic E-state index is 11.8. The highest BCUT2D eigenvalue weighted by atomic mass is 16.2. The zero-order chi connectivity index (χ0) is 13.8. The Labute approximate surface area is 108 Å². The summed E-state index contributed by atoms with van der Waals surface area (Å²) in [6.07, 6.45) is -0.0904. The van der Waals surface area contributed by atoms with E-state index in [9.17, 15) is 14.4 Å². The highest BCUT2D eigenvalue weighted by Crippen LogP contribution is 2.06. The number of carbonyl (C=O) groups excluding carboxylic acids is 1. The molecular weight excluding hydrogens is 246 g/mol. The summed E-state index contributed by atoms with van der Waals surface area (Å²) >= 11 is 0. The predicted molar refractivity (Wildman–Crippen MR) is 71.2 cm³/mol. The first kappa shape index (κ1) is 12.8. The van der Waals surface area contributed by atoms with Gasteiger partial charge in [-0.2, -0.15) is 0 Å². The number of hydrogen-bond acceptors (Lipinski definition) is 3. The van der Waals surface area contributed by atoms with Gasteiger partial charge in [0, 0.05) is 16.9 Å². The SMILES string of the molecule is Cc1[nH]c(=O)[nH]c(=O)c1CC(=O)Nc1ccccc1. The van der Waals surface area contributed by atoms with E-state index in [1.165, 1.54) is 0 Å². The van der Waals surface area contributed by atoms with E-state index in [0.717, 1.165) is 0 Å². The van der Waals surface area contributed by atoms with Crippen molar-refractivity contribution in [2.24, 2.45) is 0 Å². The van der Waals surface area contributed by atoms with Gasteiger partial charge in [-0.05, 0) is 19.1 Å². The van der Waals surface area contributed by atoms with Crippen molar-refractivity contribution >= 4 is 11.6 Å². The zero-order valence-corrected chi connectivity index (χ0v) is 10.3. The maximum absolute atomic E-state index is 11.8. The van der Waals surface area contributed by atoms with Crippen LogP contribution in [0, 0.1) is 6.92 Å². The number of aryl methyl sites for hydroxylation is 1. The summed E-state index contributed by atoms with van der Waals surface area (Å²) in [5, 5.41) is 2.68. The van der Waals surface area contributed by atoms with E-state index in [1.807, 2.05) is 6.07 Å². The molecule has 0 saturated carbocycles. The summed E-state index contributed by atoms with van der Waals surface area (Å²) in [6.45, 7) is 1.59. The van der Waals surface area contributed by atoms with Crippen molar-refractivity contribution in [3.63, 3.8) is 0 Å². The second-order valence-electron chi connectivity index (χ2n) is 4.10. The van der Waals surface area contributed by atoms with Crippen LogP contribution in [0.4, 0.5) is 5.69 Å². The van der Waals surface area contributed by atoms with E-state index in [1.54, 1.807) is 31.2 Å². The normalized spacial score (nSPS) is 10.2. The first-order valence-corrected chi connectivity index (χ1v) is 5.73. The predicted octanol–water partition coefficient (Wildman–Crippen LogP) is 0.553. The Hall–Kier alpha value is -2.63. The summed E-state index contributed by atoms with van der Waals surface area (Å²) < 4.78 is 0. The molecule has 98 valence electrons. The minimum absolute atomic E-state index is 0.0904. The molecule has 1 heterocycles. The molecule has 0 radical (unpaired) electrons. The van der Waals surface area contributed by atoms with Crippen LogP contribution in [-0.2, 0) is 11.2 Å². The Morgan fingerprint density at radius 3 is 2.47 bits per heavy atom. The molecule has 0 aliphatic rings. The number of H-pyrrole nitrogens is 2. The number of aromatic nitrogens is 2. The van der Waals surface area contributed by atoms with Crippen molar-refractivity contribution in [3.05, 3.63) is 62.4 Å². The van der Waals surface area contributed by atoms with Crippen molar-refractivity contribution in [2.75, 3.05) is 5.32 Å². The molecule has 2 rings (SSSR count). The van der Waals surface area contributed by atoms with E-state index in [-0.39, 0.29) is 17.9 Å². The molecule has 0 spiro atoms. The van der Waals surface area contributed by atoms with Gasteiger partial charge in [-0.3, -0.25) is 14.6 Å². The molecule has 0 bridgehead atoms. The minimum Gasteiger partial charge on any atom is -0.326 e. The van der Waals surface area contributed by atoms with Crippen LogP contribution in [0.15, 0.2) is 39.9 Å². The maximum Gasteiger partial charge on any atom is 0.325 e. The quantitative estimate of drug-likeness (QED) is 0.751. The lowest BCUT2D eigenvalue weighted by Crippen LogP contribution is -2.29. The summed E-state index contributed by atoms with van der Waals surface area (Å²) in [4.78, 5) is 39.0. The van der Waals surface area contributed by atoms with Crippen molar-refractivity contribution in [1.82, 2.24) is 9.97 Å². The van der Waals surface area contributed by atoms with Gasteiger partial charge in [0.05, 0.1) is 6.42 Å². The number of hydrogen-bond donors (Lipinski definition) is 3. The van der Waals surface area contributed by atoms with Crippen molar-refractivity contribution in [3.8, 4) is 0 Å². The molecule has 0 fully saturated rings. The van der Waals surface area contributed by atoms with Crippen LogP contribution in [0.1, 0.15) is 11.3 Å². The molecule has 0 aliphatic carbocycles. The third kappa shape index (κ3) is 3.19. The van der Waals surface area contributed by atoms with Crippen LogP contribution >= 0.6 is 0 Å². The molecule has 1 amide bonds. The molecule has 0 saturated heterocycles. The van der Waals surface area contributed by atoms with Gasteiger partial charge < -0.3 is 10.3 Å². The number of para-hydroxylation sites is 1. The van der Waals surface area contributed by atoms with Crippen LogP contribution < -0.4 is 16.6 Å². The fourth-order valence-electron chi connectivity index (χ4n) is 1.73. The fourth-order valence-corrected chi connectivity index (χ4v) is 1.73. The first-order chi connectivity index (χ1) is 9.06. The highest BCUT2D eigenvalue weighted by Gasteiger charge is 2.11. The molecule has 0 unspecified atom stereocenters. The van der Waals surface area contributed by atoms with Crippen molar-refractivity contribution < 1.29 is 4.79 Å². The Kier molecular flexibility index (Phi) is 3.61. The molecule has 0 atom stereocenters. The van der Waals surface area contributed by atoms with E-state index >= 15 is 0 Å². The smallest absolute Gasteiger partial charge is 0.325 e. The second kappa shape index (κ2) is 5.34. The van der Waals surface area contributed by atoms with Gasteiger partial charge in [-0.1, -0.05) is 18.2 Å². The topological polar surface area (TPSA) is 94.8 Å². The zero-order valence-electron chi connectivity index (χ0n) is 10.3. The van der Waals surface area contributed by atoms with Gasteiger partial charge in [0.1, 0.15) is 0 Å². The Morgan fingerprint density at radius 1 is 1.16 bits per heavy atom. The van der Waals surface area contributed by atoms with Gasteiger partial charge in [-0.15, -0.1) is 0 Å². The van der Waals surface area contributed by atoms with Gasteiger partial charge >= 0.3 is 5.69 Å². The summed E-state index contributed by atoms with van der Waals surface area (Å²) in [7, 11) is 0. The average Bonchev–Trinajstić information content (AvgIpc) is 2.35. The average molecular weight is 259 g/mol. The van der Waals surface area contributed by atoms with Crippen LogP contribution in [0.25, 0.3) is 0 Å². The van der Waals surface area contributed by atoms with Crippen molar-refractivity contribution in [1.29, 1.82) is 0 Å². The van der Waals surface area contributed by atoms with E-state index in [4.69, 9.17) is 0 Å². The van der Waals surface area contributed by atoms with Crippen LogP contribution in [0.2, 0.25) is 0 Å². The number of nitrogens with one attached hydrogen (secondary N) is 3. The first-order valence-electron chi connectivity index (χ1n) is 5.73. The largest absolute Gasteiger partial charge is 0.326 e. The molecule has 1 aromatic carbocycles. The van der Waals surface area contributed by atoms with Gasteiger partial charge in [0.25, 0.3) is 5.56 Å². The van der Waals surface area contributed by atoms with Gasteiger partial charge in [-0.25, -0.2) is 4.79 Å². The molecule has 0 aliphatic heterocycles. The van der Waals surface area contributed by atoms with Gasteiger partial charge in [0.2, 0.25) is 5.91 Å². The number of rotatable bonds is 3. The number of benzene rings is 1. The molecule has 2 aromatic rings. The van der Waals surface area contributed by atoms with E-state index in [0.29, 0.717) is 11.4 Å². The lowest BCUT2D eigenvalue weighted by Gasteiger charge is -2.06. The molecular formula is C13H13N3O3. The minimum atomic E-state index is -0.574. The monoisotopic (exact) mass is 259 g/mol. The second-order valence-corrected chi connectivity index (χ2v) is 4.10. The summed E-state index contributed by atoms with van der Waals surface area (Å²) in [6, 6.07) is 8.94.